The van der Waals surface area contributed by atoms with E-state index in [-0.39, 0.29) is 0 Å². The molecule has 0 aromatic heterocycles. The van der Waals surface area contributed by atoms with Crippen LogP contribution in [0.1, 0.15) is 36.1 Å². The molecule has 2 heterocycles. The summed E-state index contributed by atoms with van der Waals surface area (Å²) in [6.45, 7) is 8.70. The Kier molecular flexibility index (Phi) is 2.83. The zero-order valence-corrected chi connectivity index (χ0v) is 11.4. The lowest BCUT2D eigenvalue weighted by atomic mass is 9.96. The number of nitrogens with zero attached hydrogens (tertiary/aromatic N) is 1. The number of likely N-dealkylation sites (tertiary alicyclic amines) is 1. The smallest absolute Gasteiger partial charge is 0.118 e. The maximum Gasteiger partial charge on any atom is 0.118 e. The first kappa shape index (κ1) is 12.0. The average molecular weight is 246 g/mol. The monoisotopic (exact) mass is 246 g/mol. The molecule has 3 atom stereocenters. The van der Waals surface area contributed by atoms with Crippen molar-refractivity contribution in [2.24, 2.45) is 0 Å². The summed E-state index contributed by atoms with van der Waals surface area (Å²) in [5.41, 5.74) is 3.61. The molecule has 0 spiro atoms. The minimum atomic E-state index is 0.410. The first-order valence-electron chi connectivity index (χ1n) is 6.86. The number of rotatable bonds is 2. The van der Waals surface area contributed by atoms with Crippen LogP contribution in [0.5, 0.6) is 5.75 Å². The molecule has 98 valence electrons. The third-order valence-corrected chi connectivity index (χ3v) is 4.85. The molecule has 2 bridgehead atoms. The van der Waals surface area contributed by atoms with E-state index in [0.717, 1.165) is 18.7 Å². The van der Waals surface area contributed by atoms with Gasteiger partial charge in [-0.25, -0.2) is 0 Å². The lowest BCUT2D eigenvalue weighted by molar-refractivity contribution is 0.170. The lowest BCUT2D eigenvalue weighted by Gasteiger charge is -2.34. The van der Waals surface area contributed by atoms with Gasteiger partial charge in [0.1, 0.15) is 5.75 Å². The Morgan fingerprint density at radius 3 is 2.72 bits per heavy atom. The van der Waals surface area contributed by atoms with Gasteiger partial charge >= 0.3 is 0 Å². The quantitative estimate of drug-likeness (QED) is 0.839. The van der Waals surface area contributed by atoms with Gasteiger partial charge in [0.15, 0.2) is 0 Å². The van der Waals surface area contributed by atoms with Gasteiger partial charge in [-0.1, -0.05) is 6.07 Å². The van der Waals surface area contributed by atoms with Gasteiger partial charge in [-0.3, -0.25) is 4.90 Å². The summed E-state index contributed by atoms with van der Waals surface area (Å²) in [7, 11) is 0. The van der Waals surface area contributed by atoms with Crippen molar-refractivity contribution < 1.29 is 5.11 Å². The fourth-order valence-corrected chi connectivity index (χ4v) is 3.53. The Labute approximate surface area is 109 Å². The van der Waals surface area contributed by atoms with Crippen LogP contribution in [0.2, 0.25) is 0 Å². The van der Waals surface area contributed by atoms with Gasteiger partial charge in [0, 0.05) is 31.2 Å². The first-order chi connectivity index (χ1) is 8.58. The number of hydrogen-bond donors (Lipinski definition) is 2. The SMILES string of the molecule is Cc1c(O)ccc([C@H](C)N2C[C@@H]3C[C@H]2CN3)c1C. The molecule has 3 nitrogen and oxygen atoms in total. The molecule has 1 aromatic rings. The molecule has 0 aliphatic carbocycles. The van der Waals surface area contributed by atoms with Gasteiger partial charge in [-0.05, 0) is 49.9 Å². The molecule has 3 heteroatoms. The molecule has 0 amide bonds. The van der Waals surface area contributed by atoms with Crippen LogP contribution in [-0.4, -0.2) is 35.2 Å². The molecule has 2 saturated heterocycles. The normalized spacial score (nSPS) is 28.8. The number of benzene rings is 1. The van der Waals surface area contributed by atoms with E-state index in [1.54, 1.807) is 0 Å². The van der Waals surface area contributed by atoms with Crippen LogP contribution in [0.4, 0.5) is 0 Å². The molecular weight excluding hydrogens is 224 g/mol. The fourth-order valence-electron chi connectivity index (χ4n) is 3.53. The van der Waals surface area contributed by atoms with E-state index in [0.29, 0.717) is 23.9 Å². The van der Waals surface area contributed by atoms with E-state index in [1.165, 1.54) is 17.5 Å². The van der Waals surface area contributed by atoms with Crippen molar-refractivity contribution in [1.82, 2.24) is 10.2 Å². The van der Waals surface area contributed by atoms with Crippen LogP contribution in [0.15, 0.2) is 12.1 Å². The summed E-state index contributed by atoms with van der Waals surface area (Å²) in [6, 6.07) is 5.75. The molecule has 0 radical (unpaired) electrons. The van der Waals surface area contributed by atoms with E-state index in [4.69, 9.17) is 0 Å². The fraction of sp³-hybridized carbons (Fsp3) is 0.600. The van der Waals surface area contributed by atoms with Gasteiger partial charge in [0.05, 0.1) is 0 Å². The van der Waals surface area contributed by atoms with Crippen LogP contribution in [0, 0.1) is 13.8 Å². The number of phenolic OH excluding ortho intramolecular Hbond substituents is 1. The molecule has 2 aliphatic rings. The lowest BCUT2D eigenvalue weighted by Crippen LogP contribution is -2.44. The van der Waals surface area contributed by atoms with Crippen LogP contribution >= 0.6 is 0 Å². The second kappa shape index (κ2) is 4.25. The molecule has 0 saturated carbocycles. The number of fused-ring (bicyclic) bond motifs is 2. The summed E-state index contributed by atoms with van der Waals surface area (Å²) in [5.74, 6) is 0.410. The standard InChI is InChI=1S/C15H22N2O/c1-9-10(2)15(18)5-4-14(9)11(3)17-8-12-6-13(17)7-16-12/h4-5,11-13,16,18H,6-8H2,1-3H3/t11-,12-,13-/m0/s1. The van der Waals surface area contributed by atoms with E-state index in [2.05, 4.69) is 30.1 Å². The molecule has 1 aromatic carbocycles. The summed E-state index contributed by atoms with van der Waals surface area (Å²) in [5, 5.41) is 13.3. The number of nitrogens with one attached hydrogen (secondary N) is 1. The summed E-state index contributed by atoms with van der Waals surface area (Å²) < 4.78 is 0. The van der Waals surface area contributed by atoms with E-state index in [9.17, 15) is 5.11 Å². The Hall–Kier alpha value is -1.06. The Morgan fingerprint density at radius 1 is 1.33 bits per heavy atom. The van der Waals surface area contributed by atoms with Gasteiger partial charge in [-0.15, -0.1) is 0 Å². The van der Waals surface area contributed by atoms with Crippen LogP contribution in [0.3, 0.4) is 0 Å². The number of aromatic hydroxyl groups is 1. The van der Waals surface area contributed by atoms with Crippen molar-refractivity contribution in [1.29, 1.82) is 0 Å². The third kappa shape index (κ3) is 1.73. The van der Waals surface area contributed by atoms with Crippen LogP contribution < -0.4 is 5.32 Å². The summed E-state index contributed by atoms with van der Waals surface area (Å²) in [6.07, 6.45) is 1.29. The zero-order chi connectivity index (χ0) is 12.9. The Bertz CT molecular complexity index is 472. The van der Waals surface area contributed by atoms with Gasteiger partial charge < -0.3 is 10.4 Å². The molecule has 3 rings (SSSR count). The van der Waals surface area contributed by atoms with E-state index < -0.39 is 0 Å². The summed E-state index contributed by atoms with van der Waals surface area (Å²) in [4.78, 5) is 2.61. The van der Waals surface area contributed by atoms with E-state index >= 15 is 0 Å². The minimum Gasteiger partial charge on any atom is -0.508 e. The van der Waals surface area contributed by atoms with E-state index in [1.807, 2.05) is 13.0 Å². The molecule has 2 N–H and O–H groups in total. The van der Waals surface area contributed by atoms with Crippen LogP contribution in [0.25, 0.3) is 0 Å². The first-order valence-corrected chi connectivity index (χ1v) is 6.86. The topological polar surface area (TPSA) is 35.5 Å². The van der Waals surface area contributed by atoms with Gasteiger partial charge in [-0.2, -0.15) is 0 Å². The summed E-state index contributed by atoms with van der Waals surface area (Å²) >= 11 is 0. The number of hydrogen-bond acceptors (Lipinski definition) is 3. The third-order valence-electron chi connectivity index (χ3n) is 4.85. The van der Waals surface area contributed by atoms with Crippen molar-refractivity contribution in [2.45, 2.75) is 45.3 Å². The Morgan fingerprint density at radius 2 is 2.11 bits per heavy atom. The van der Waals surface area contributed by atoms with Crippen molar-refractivity contribution in [2.75, 3.05) is 13.1 Å². The number of piperazine rings is 1. The molecule has 2 aliphatic heterocycles. The highest BCUT2D eigenvalue weighted by Crippen LogP contribution is 2.35. The second-order valence-electron chi connectivity index (χ2n) is 5.79. The highest BCUT2D eigenvalue weighted by atomic mass is 16.3. The maximum atomic E-state index is 9.75. The molecule has 0 unspecified atom stereocenters. The largest absolute Gasteiger partial charge is 0.508 e. The van der Waals surface area contributed by atoms with Crippen molar-refractivity contribution in [3.05, 3.63) is 28.8 Å². The Balaban J connectivity index is 1.89. The average Bonchev–Trinajstić information content (AvgIpc) is 2.97. The highest BCUT2D eigenvalue weighted by molar-refractivity contribution is 5.44. The van der Waals surface area contributed by atoms with Crippen LogP contribution in [-0.2, 0) is 0 Å². The molecule has 2 fully saturated rings. The maximum absolute atomic E-state index is 9.75. The highest BCUT2D eigenvalue weighted by Gasteiger charge is 2.40. The van der Waals surface area contributed by atoms with Gasteiger partial charge in [0.2, 0.25) is 0 Å². The molecule has 18 heavy (non-hydrogen) atoms. The predicted octanol–water partition coefficient (Wildman–Crippen LogP) is 2.12. The number of phenols is 1. The van der Waals surface area contributed by atoms with Crippen molar-refractivity contribution >= 4 is 0 Å². The van der Waals surface area contributed by atoms with Gasteiger partial charge in [0.25, 0.3) is 0 Å². The zero-order valence-electron chi connectivity index (χ0n) is 11.4. The molecular formula is C15H22N2O. The van der Waals surface area contributed by atoms with Crippen molar-refractivity contribution in [3.63, 3.8) is 0 Å². The predicted molar refractivity (Wildman–Crippen MR) is 72.9 cm³/mol. The van der Waals surface area contributed by atoms with Crippen molar-refractivity contribution in [3.8, 4) is 5.75 Å². The second-order valence-corrected chi connectivity index (χ2v) is 5.79. The minimum absolute atomic E-state index is 0.410.